The van der Waals surface area contributed by atoms with Gasteiger partial charge in [-0.05, 0) is 43.8 Å². The van der Waals surface area contributed by atoms with Gasteiger partial charge in [0.25, 0.3) is 0 Å². The minimum absolute atomic E-state index is 0.302. The van der Waals surface area contributed by atoms with E-state index < -0.39 is 0 Å². The van der Waals surface area contributed by atoms with Crippen LogP contribution in [0.4, 0.5) is 5.69 Å². The molecule has 1 aliphatic heterocycles. The van der Waals surface area contributed by atoms with Gasteiger partial charge in [0.1, 0.15) is 5.75 Å². The minimum atomic E-state index is -0.372. The lowest BCUT2D eigenvalue weighted by Crippen LogP contribution is -2.48. The molecule has 0 radical (unpaired) electrons. The fourth-order valence-electron chi connectivity index (χ4n) is 3.22. The van der Waals surface area contributed by atoms with Crippen LogP contribution in [0.3, 0.4) is 0 Å². The highest BCUT2D eigenvalue weighted by Gasteiger charge is 2.36. The maximum atomic E-state index is 12.8. The van der Waals surface area contributed by atoms with Gasteiger partial charge in [-0.3, -0.25) is 4.90 Å². The number of thiocarbonyl (C=S) groups is 1. The molecular weight excluding hydrogens is 360 g/mol. The lowest BCUT2D eigenvalue weighted by molar-refractivity contribution is -0.139. The van der Waals surface area contributed by atoms with Crippen molar-refractivity contribution in [3.05, 3.63) is 71.4 Å². The fraction of sp³-hybridized carbons (Fsp3) is 0.238. The monoisotopic (exact) mass is 382 g/mol. The number of nitrogens with zero attached hydrogens (tertiary/aromatic N) is 1. The molecule has 0 unspecified atom stereocenters. The normalized spacial score (nSPS) is 16.8. The van der Waals surface area contributed by atoms with Gasteiger partial charge in [-0.1, -0.05) is 42.5 Å². The van der Waals surface area contributed by atoms with Gasteiger partial charge >= 0.3 is 5.97 Å². The average molecular weight is 382 g/mol. The van der Waals surface area contributed by atoms with E-state index in [4.69, 9.17) is 21.7 Å². The van der Waals surface area contributed by atoms with Crippen molar-refractivity contribution in [3.63, 3.8) is 0 Å². The summed E-state index contributed by atoms with van der Waals surface area (Å²) in [5, 5.41) is 3.79. The van der Waals surface area contributed by atoms with E-state index >= 15 is 0 Å². The molecule has 0 aromatic heterocycles. The van der Waals surface area contributed by atoms with Gasteiger partial charge < -0.3 is 14.8 Å². The highest BCUT2D eigenvalue weighted by molar-refractivity contribution is 7.80. The van der Waals surface area contributed by atoms with Crippen LogP contribution in [-0.2, 0) is 9.53 Å². The maximum Gasteiger partial charge on any atom is 0.338 e. The summed E-state index contributed by atoms with van der Waals surface area (Å²) in [6.07, 6.45) is 0. The number of benzene rings is 2. The second-order valence-corrected chi connectivity index (χ2v) is 6.41. The van der Waals surface area contributed by atoms with Crippen molar-refractivity contribution in [2.75, 3.05) is 18.6 Å². The van der Waals surface area contributed by atoms with Crippen molar-refractivity contribution in [1.29, 1.82) is 0 Å². The predicted octanol–water partition coefficient (Wildman–Crippen LogP) is 3.97. The molecule has 3 rings (SSSR count). The maximum absolute atomic E-state index is 12.8. The summed E-state index contributed by atoms with van der Waals surface area (Å²) in [5.41, 5.74) is 2.96. The fourth-order valence-corrected chi connectivity index (χ4v) is 3.57. The van der Waals surface area contributed by atoms with Gasteiger partial charge in [-0.2, -0.15) is 0 Å². The van der Waals surface area contributed by atoms with E-state index in [9.17, 15) is 4.79 Å². The van der Waals surface area contributed by atoms with Gasteiger partial charge in [-0.15, -0.1) is 0 Å². The molecule has 6 heteroatoms. The standard InChI is InChI=1S/C21H22N2O3S/c1-4-26-20(24)18-14(2)23(16-12-8-9-13-17(16)25-3)21(27)22-19(18)15-10-6-5-7-11-15/h5-13,19H,4H2,1-3H3,(H,22,27)/t19-/m1/s1. The molecule has 0 spiro atoms. The number of carbonyl (C=O) groups is 1. The van der Waals surface area contributed by atoms with E-state index in [1.54, 1.807) is 14.0 Å². The first-order valence-corrected chi connectivity index (χ1v) is 9.15. The molecule has 0 saturated heterocycles. The van der Waals surface area contributed by atoms with Crippen molar-refractivity contribution >= 4 is 29.0 Å². The number of hydrogen-bond donors (Lipinski definition) is 1. The zero-order valence-corrected chi connectivity index (χ0v) is 16.4. The summed E-state index contributed by atoms with van der Waals surface area (Å²) in [4.78, 5) is 14.6. The van der Waals surface area contributed by atoms with Crippen molar-refractivity contribution in [2.24, 2.45) is 0 Å². The largest absolute Gasteiger partial charge is 0.495 e. The SMILES string of the molecule is CCOC(=O)C1=C(C)N(c2ccccc2OC)C(=S)N[C@@H]1c1ccccc1. The van der Waals surface area contributed by atoms with E-state index in [1.165, 1.54) is 0 Å². The molecule has 1 aliphatic rings. The Morgan fingerprint density at radius 1 is 1.15 bits per heavy atom. The van der Waals surface area contributed by atoms with Crippen LogP contribution in [0, 0.1) is 0 Å². The number of ether oxygens (including phenoxy) is 2. The topological polar surface area (TPSA) is 50.8 Å². The molecule has 1 N–H and O–H groups in total. The number of hydrogen-bond acceptors (Lipinski definition) is 4. The van der Waals surface area contributed by atoms with Gasteiger partial charge in [0.05, 0.1) is 31.0 Å². The Balaban J connectivity index is 2.16. The number of esters is 1. The number of rotatable bonds is 5. The summed E-state index contributed by atoms with van der Waals surface area (Å²) in [6, 6.07) is 16.9. The number of nitrogens with one attached hydrogen (secondary N) is 1. The summed E-state index contributed by atoms with van der Waals surface area (Å²) >= 11 is 5.65. The highest BCUT2D eigenvalue weighted by atomic mass is 32.1. The van der Waals surface area contributed by atoms with Gasteiger partial charge in [-0.25, -0.2) is 4.79 Å². The highest BCUT2D eigenvalue weighted by Crippen LogP contribution is 2.37. The Bertz CT molecular complexity index is 880. The van der Waals surface area contributed by atoms with Crippen LogP contribution in [0.5, 0.6) is 5.75 Å². The third-order valence-corrected chi connectivity index (χ3v) is 4.74. The molecule has 27 heavy (non-hydrogen) atoms. The van der Waals surface area contributed by atoms with Crippen molar-refractivity contribution in [2.45, 2.75) is 19.9 Å². The second-order valence-electron chi connectivity index (χ2n) is 6.02. The quantitative estimate of drug-likeness (QED) is 0.624. The molecule has 0 saturated carbocycles. The molecule has 1 atom stereocenters. The first-order valence-electron chi connectivity index (χ1n) is 8.75. The van der Waals surface area contributed by atoms with Crippen LogP contribution >= 0.6 is 12.2 Å². The Labute approximate surface area is 164 Å². The average Bonchev–Trinajstić information content (AvgIpc) is 2.68. The summed E-state index contributed by atoms with van der Waals surface area (Å²) < 4.78 is 10.8. The van der Waals surface area contributed by atoms with Crippen molar-refractivity contribution in [3.8, 4) is 5.75 Å². The van der Waals surface area contributed by atoms with Crippen LogP contribution < -0.4 is 15.0 Å². The van der Waals surface area contributed by atoms with Crippen LogP contribution in [0.2, 0.25) is 0 Å². The van der Waals surface area contributed by atoms with Gasteiger partial charge in [0, 0.05) is 5.70 Å². The molecular formula is C21H22N2O3S. The van der Waals surface area contributed by atoms with Gasteiger partial charge in [0.15, 0.2) is 5.11 Å². The smallest absolute Gasteiger partial charge is 0.338 e. The Hall–Kier alpha value is -2.86. The summed E-state index contributed by atoms with van der Waals surface area (Å²) in [7, 11) is 1.61. The van der Waals surface area contributed by atoms with E-state index in [1.807, 2.05) is 66.4 Å². The first kappa shape index (κ1) is 18.9. The second kappa shape index (κ2) is 8.22. The molecule has 0 bridgehead atoms. The van der Waals surface area contributed by atoms with Crippen molar-refractivity contribution in [1.82, 2.24) is 5.32 Å². The zero-order valence-electron chi connectivity index (χ0n) is 15.6. The molecule has 0 aliphatic carbocycles. The van der Waals surface area contributed by atoms with Crippen LogP contribution in [0.25, 0.3) is 0 Å². The Kier molecular flexibility index (Phi) is 5.76. The van der Waals surface area contributed by atoms with E-state index in [2.05, 4.69) is 5.32 Å². The first-order chi connectivity index (χ1) is 13.1. The molecule has 5 nitrogen and oxygen atoms in total. The van der Waals surface area contributed by atoms with Crippen LogP contribution in [0.15, 0.2) is 65.9 Å². The number of allylic oxidation sites excluding steroid dienone is 1. The number of methoxy groups -OCH3 is 1. The Morgan fingerprint density at radius 3 is 2.48 bits per heavy atom. The summed E-state index contributed by atoms with van der Waals surface area (Å²) in [6.45, 7) is 3.97. The third kappa shape index (κ3) is 3.66. The molecule has 0 fully saturated rings. The van der Waals surface area contributed by atoms with Crippen LogP contribution in [0.1, 0.15) is 25.5 Å². The van der Waals surface area contributed by atoms with E-state index in [0.717, 1.165) is 16.9 Å². The molecule has 2 aromatic rings. The van der Waals surface area contributed by atoms with Gasteiger partial charge in [0.2, 0.25) is 0 Å². The van der Waals surface area contributed by atoms with E-state index in [0.29, 0.717) is 23.0 Å². The number of anilines is 1. The third-order valence-electron chi connectivity index (χ3n) is 4.44. The summed E-state index contributed by atoms with van der Waals surface area (Å²) in [5.74, 6) is 0.307. The predicted molar refractivity (Wildman–Crippen MR) is 110 cm³/mol. The Morgan fingerprint density at radius 2 is 1.81 bits per heavy atom. The molecule has 2 aromatic carbocycles. The number of para-hydroxylation sites is 2. The molecule has 1 heterocycles. The number of carbonyl (C=O) groups excluding carboxylic acids is 1. The van der Waals surface area contributed by atoms with Crippen molar-refractivity contribution < 1.29 is 14.3 Å². The van der Waals surface area contributed by atoms with E-state index in [-0.39, 0.29) is 12.0 Å². The lowest BCUT2D eigenvalue weighted by Gasteiger charge is -2.38. The minimum Gasteiger partial charge on any atom is -0.495 e. The molecule has 140 valence electrons. The van der Waals surface area contributed by atoms with Crippen LogP contribution in [-0.4, -0.2) is 24.8 Å². The zero-order chi connectivity index (χ0) is 19.4. The lowest BCUT2D eigenvalue weighted by atomic mass is 9.95. The molecule has 0 amide bonds.